The molecule has 1 N–H and O–H groups in total. The summed E-state index contributed by atoms with van der Waals surface area (Å²) in [5.41, 5.74) is 3.11. The Kier molecular flexibility index (Phi) is 3.73. The van der Waals surface area contributed by atoms with Gasteiger partial charge >= 0.3 is 0 Å². The van der Waals surface area contributed by atoms with Gasteiger partial charge in [-0.05, 0) is 13.0 Å². The first-order chi connectivity index (χ1) is 12.1. The minimum absolute atomic E-state index is 0.255. The number of imidazole rings is 1. The van der Waals surface area contributed by atoms with Gasteiger partial charge in [-0.15, -0.1) is 11.3 Å². The van der Waals surface area contributed by atoms with Crippen LogP contribution in [0.3, 0.4) is 0 Å². The van der Waals surface area contributed by atoms with Gasteiger partial charge in [-0.2, -0.15) is 0 Å². The number of thiazole rings is 1. The number of carbonyl (C=O) groups excluding carboxylic acids is 1. The van der Waals surface area contributed by atoms with Crippen molar-refractivity contribution in [2.45, 2.75) is 6.92 Å². The molecule has 25 heavy (non-hydrogen) atoms. The normalized spacial score (nSPS) is 11.0. The highest BCUT2D eigenvalue weighted by atomic mass is 32.1. The van der Waals surface area contributed by atoms with Crippen molar-refractivity contribution in [2.24, 2.45) is 7.05 Å². The van der Waals surface area contributed by atoms with Gasteiger partial charge in [-0.3, -0.25) is 10.1 Å². The zero-order valence-corrected chi connectivity index (χ0v) is 14.4. The van der Waals surface area contributed by atoms with Crippen LogP contribution in [0.2, 0.25) is 0 Å². The molecule has 7 nitrogen and oxygen atoms in total. The Morgan fingerprint density at radius 3 is 2.84 bits per heavy atom. The molecule has 1 aromatic carbocycles. The summed E-state index contributed by atoms with van der Waals surface area (Å²) >= 11 is 1.43. The second-order valence-corrected chi connectivity index (χ2v) is 6.63. The molecule has 4 aromatic rings. The fourth-order valence-corrected chi connectivity index (χ4v) is 3.10. The van der Waals surface area contributed by atoms with Crippen molar-refractivity contribution in [1.29, 1.82) is 0 Å². The fourth-order valence-electron chi connectivity index (χ4n) is 2.51. The molecule has 0 fully saturated rings. The molecule has 1 amide bonds. The molecule has 8 heteroatoms. The number of rotatable bonds is 3. The predicted molar refractivity (Wildman–Crippen MR) is 96.5 cm³/mol. The van der Waals surface area contributed by atoms with Gasteiger partial charge in [0.05, 0.1) is 28.7 Å². The number of anilines is 1. The van der Waals surface area contributed by atoms with Gasteiger partial charge in [0.15, 0.2) is 0 Å². The Morgan fingerprint density at radius 1 is 1.24 bits per heavy atom. The van der Waals surface area contributed by atoms with E-state index < -0.39 is 0 Å². The molecule has 0 spiro atoms. The lowest BCUT2D eigenvalue weighted by Gasteiger charge is -2.06. The molecule has 4 rings (SSSR count). The number of hydrogen-bond donors (Lipinski definition) is 1. The lowest BCUT2D eigenvalue weighted by Crippen LogP contribution is -2.14. The summed E-state index contributed by atoms with van der Waals surface area (Å²) in [4.78, 5) is 29.2. The Morgan fingerprint density at radius 2 is 2.12 bits per heavy atom. The van der Waals surface area contributed by atoms with Crippen molar-refractivity contribution in [3.05, 3.63) is 53.0 Å². The lowest BCUT2D eigenvalue weighted by atomic mass is 10.1. The molecule has 0 atom stereocenters. The molecule has 0 saturated carbocycles. The zero-order chi connectivity index (χ0) is 17.4. The van der Waals surface area contributed by atoms with Gasteiger partial charge in [-0.1, -0.05) is 12.1 Å². The quantitative estimate of drug-likeness (QED) is 0.614. The standard InChI is InChI=1S/C17H14N6OS/c1-10-20-14(8-25-10)16(24)22-17-19-6-12-4-3-11(5-13(12)21-17)15-7-18-9-23(15)2/h3-9H,1-2H3,(H,19,21,22,24). The van der Waals surface area contributed by atoms with Gasteiger partial charge in [0, 0.05) is 29.6 Å². The van der Waals surface area contributed by atoms with E-state index in [2.05, 4.69) is 25.3 Å². The number of aryl methyl sites for hydroxylation is 2. The van der Waals surface area contributed by atoms with E-state index in [9.17, 15) is 4.79 Å². The smallest absolute Gasteiger partial charge is 0.277 e. The number of hydrogen-bond acceptors (Lipinski definition) is 6. The van der Waals surface area contributed by atoms with Crippen LogP contribution in [-0.4, -0.2) is 30.4 Å². The van der Waals surface area contributed by atoms with E-state index in [0.717, 1.165) is 27.2 Å². The Bertz CT molecular complexity index is 1080. The number of nitrogens with one attached hydrogen (secondary N) is 1. The Hall–Kier alpha value is -3.13. The van der Waals surface area contributed by atoms with E-state index in [4.69, 9.17) is 0 Å². The van der Waals surface area contributed by atoms with E-state index in [1.807, 2.05) is 36.7 Å². The lowest BCUT2D eigenvalue weighted by molar-refractivity contribution is 0.102. The summed E-state index contributed by atoms with van der Waals surface area (Å²) < 4.78 is 1.94. The van der Waals surface area contributed by atoms with Crippen molar-refractivity contribution in [2.75, 3.05) is 5.32 Å². The third kappa shape index (κ3) is 2.99. The van der Waals surface area contributed by atoms with Gasteiger partial charge in [0.2, 0.25) is 5.95 Å². The number of aromatic nitrogens is 5. The van der Waals surface area contributed by atoms with Crippen LogP contribution < -0.4 is 5.32 Å². The first-order valence-electron chi connectivity index (χ1n) is 7.57. The number of amides is 1. The van der Waals surface area contributed by atoms with Crippen LogP contribution >= 0.6 is 11.3 Å². The highest BCUT2D eigenvalue weighted by molar-refractivity contribution is 7.09. The molecule has 0 bridgehead atoms. The number of nitrogens with zero attached hydrogens (tertiary/aromatic N) is 5. The molecule has 124 valence electrons. The van der Waals surface area contributed by atoms with Crippen LogP contribution in [-0.2, 0) is 7.05 Å². The first kappa shape index (κ1) is 15.4. The molecular formula is C17H14N6OS. The average Bonchev–Trinajstić information content (AvgIpc) is 3.22. The maximum Gasteiger partial charge on any atom is 0.277 e. The molecule has 3 aromatic heterocycles. The van der Waals surface area contributed by atoms with Gasteiger partial charge < -0.3 is 4.57 Å². The van der Waals surface area contributed by atoms with Crippen LogP contribution in [0.15, 0.2) is 42.3 Å². The van der Waals surface area contributed by atoms with E-state index in [1.165, 1.54) is 11.3 Å². The fraction of sp³-hybridized carbons (Fsp3) is 0.118. The Balaban J connectivity index is 1.67. The predicted octanol–water partition coefficient (Wildman–Crippen LogP) is 3.05. The number of carbonyl (C=O) groups is 1. The van der Waals surface area contributed by atoms with Gasteiger partial charge in [0.25, 0.3) is 5.91 Å². The highest BCUT2D eigenvalue weighted by Gasteiger charge is 2.12. The maximum absolute atomic E-state index is 12.2. The molecule has 0 radical (unpaired) electrons. The van der Waals surface area contributed by atoms with Crippen molar-refractivity contribution < 1.29 is 4.79 Å². The van der Waals surface area contributed by atoms with E-state index in [-0.39, 0.29) is 11.9 Å². The summed E-state index contributed by atoms with van der Waals surface area (Å²) in [5, 5.41) is 6.14. The highest BCUT2D eigenvalue weighted by Crippen LogP contribution is 2.23. The van der Waals surface area contributed by atoms with Crippen molar-refractivity contribution >= 4 is 34.1 Å². The number of fused-ring (bicyclic) bond motifs is 1. The van der Waals surface area contributed by atoms with Crippen molar-refractivity contribution in [1.82, 2.24) is 24.5 Å². The van der Waals surface area contributed by atoms with Crippen LogP contribution in [0.5, 0.6) is 0 Å². The van der Waals surface area contributed by atoms with Crippen LogP contribution in [0, 0.1) is 6.92 Å². The molecule has 0 aliphatic rings. The average molecular weight is 350 g/mol. The van der Waals surface area contributed by atoms with Gasteiger partial charge in [-0.25, -0.2) is 19.9 Å². The van der Waals surface area contributed by atoms with E-state index >= 15 is 0 Å². The molecular weight excluding hydrogens is 336 g/mol. The minimum atomic E-state index is -0.313. The number of benzene rings is 1. The van der Waals surface area contributed by atoms with Crippen LogP contribution in [0.4, 0.5) is 5.95 Å². The third-order valence-electron chi connectivity index (χ3n) is 3.77. The summed E-state index contributed by atoms with van der Waals surface area (Å²) in [6.07, 6.45) is 5.24. The van der Waals surface area contributed by atoms with Crippen molar-refractivity contribution in [3.63, 3.8) is 0 Å². The maximum atomic E-state index is 12.2. The summed E-state index contributed by atoms with van der Waals surface area (Å²) in [6.45, 7) is 1.86. The first-order valence-corrected chi connectivity index (χ1v) is 8.45. The van der Waals surface area contributed by atoms with E-state index in [0.29, 0.717) is 5.69 Å². The molecule has 0 aliphatic heterocycles. The van der Waals surface area contributed by atoms with Crippen molar-refractivity contribution in [3.8, 4) is 11.3 Å². The molecule has 0 saturated heterocycles. The minimum Gasteiger partial charge on any atom is -0.334 e. The largest absolute Gasteiger partial charge is 0.334 e. The second-order valence-electron chi connectivity index (χ2n) is 5.56. The summed E-state index contributed by atoms with van der Waals surface area (Å²) in [7, 11) is 1.94. The van der Waals surface area contributed by atoms with Gasteiger partial charge in [0.1, 0.15) is 5.69 Å². The van der Waals surface area contributed by atoms with E-state index in [1.54, 1.807) is 24.1 Å². The topological polar surface area (TPSA) is 85.6 Å². The molecule has 0 aliphatic carbocycles. The summed E-state index contributed by atoms with van der Waals surface area (Å²) in [6, 6.07) is 5.91. The molecule has 3 heterocycles. The van der Waals surface area contributed by atoms with Crippen LogP contribution in [0.1, 0.15) is 15.5 Å². The third-order valence-corrected chi connectivity index (χ3v) is 4.55. The SMILES string of the molecule is Cc1nc(C(=O)Nc2ncc3ccc(-c4cncn4C)cc3n2)cs1. The Labute approximate surface area is 147 Å². The molecule has 0 unspecified atom stereocenters. The van der Waals surface area contributed by atoms with Crippen LogP contribution in [0.25, 0.3) is 22.2 Å². The monoisotopic (exact) mass is 350 g/mol. The second kappa shape index (κ2) is 6.06. The summed E-state index contributed by atoms with van der Waals surface area (Å²) in [5.74, 6) is -0.0585. The zero-order valence-electron chi connectivity index (χ0n) is 13.6.